The minimum Gasteiger partial charge on any atom is -0.298 e. The number of aldehydes is 1. The van der Waals surface area contributed by atoms with Crippen LogP contribution < -0.4 is 0 Å². The van der Waals surface area contributed by atoms with Gasteiger partial charge in [-0.3, -0.25) is 14.9 Å². The summed E-state index contributed by atoms with van der Waals surface area (Å²) in [7, 11) is 0. The van der Waals surface area contributed by atoms with Crippen molar-refractivity contribution in [1.29, 1.82) is 0 Å². The van der Waals surface area contributed by atoms with Crippen LogP contribution in [0.4, 0.5) is 5.69 Å². The Morgan fingerprint density at radius 3 is 2.44 bits per heavy atom. The third kappa shape index (κ3) is 3.34. The van der Waals surface area contributed by atoms with E-state index in [1.807, 2.05) is 20.8 Å². The molecule has 1 aromatic carbocycles. The lowest BCUT2D eigenvalue weighted by atomic mass is 10.2. The maximum absolute atomic E-state index is 10.9. The minimum atomic E-state index is -0.501. The van der Waals surface area contributed by atoms with Gasteiger partial charge >= 0.3 is 0 Å². The maximum Gasteiger partial charge on any atom is 0.270 e. The zero-order chi connectivity index (χ0) is 12.3. The van der Waals surface area contributed by atoms with Gasteiger partial charge in [-0.2, -0.15) is 0 Å². The van der Waals surface area contributed by atoms with E-state index in [2.05, 4.69) is 0 Å². The van der Waals surface area contributed by atoms with E-state index in [9.17, 15) is 14.9 Å². The van der Waals surface area contributed by atoms with Gasteiger partial charge in [0.1, 0.15) is 0 Å². The second-order valence-electron chi connectivity index (χ2n) is 4.31. The molecule has 0 heterocycles. The zero-order valence-electron chi connectivity index (χ0n) is 9.39. The van der Waals surface area contributed by atoms with Gasteiger partial charge in [-0.1, -0.05) is 20.8 Å². The van der Waals surface area contributed by atoms with Gasteiger partial charge in [0, 0.05) is 27.3 Å². The molecule has 0 aliphatic rings. The van der Waals surface area contributed by atoms with E-state index in [1.165, 1.54) is 23.9 Å². The largest absolute Gasteiger partial charge is 0.298 e. The molecule has 0 aromatic heterocycles. The molecule has 0 amide bonds. The third-order valence-corrected chi connectivity index (χ3v) is 2.95. The number of carbonyl (C=O) groups excluding carboxylic acids is 1. The first-order valence-electron chi connectivity index (χ1n) is 4.76. The zero-order valence-corrected chi connectivity index (χ0v) is 10.2. The molecule has 0 N–H and O–H groups in total. The van der Waals surface area contributed by atoms with E-state index in [-0.39, 0.29) is 10.4 Å². The van der Waals surface area contributed by atoms with Crippen LogP contribution >= 0.6 is 11.8 Å². The van der Waals surface area contributed by atoms with Crippen molar-refractivity contribution in [2.45, 2.75) is 30.4 Å². The normalized spacial score (nSPS) is 11.2. The number of benzene rings is 1. The summed E-state index contributed by atoms with van der Waals surface area (Å²) in [4.78, 5) is 21.7. The molecule has 0 spiro atoms. The molecular weight excluding hydrogens is 226 g/mol. The number of carbonyl (C=O) groups is 1. The van der Waals surface area contributed by atoms with Gasteiger partial charge in [0.05, 0.1) is 4.92 Å². The first-order valence-corrected chi connectivity index (χ1v) is 5.58. The summed E-state index contributed by atoms with van der Waals surface area (Å²) in [5.74, 6) is 0. The molecule has 0 saturated carbocycles. The molecule has 0 fully saturated rings. The van der Waals surface area contributed by atoms with Crippen molar-refractivity contribution >= 4 is 23.7 Å². The number of hydrogen-bond donors (Lipinski definition) is 0. The summed E-state index contributed by atoms with van der Waals surface area (Å²) in [6.45, 7) is 6.06. The molecule has 0 aliphatic heterocycles. The van der Waals surface area contributed by atoms with Crippen LogP contribution in [0, 0.1) is 10.1 Å². The van der Waals surface area contributed by atoms with E-state index in [1.54, 1.807) is 6.07 Å². The molecule has 0 atom stereocenters. The molecule has 0 aliphatic carbocycles. The lowest BCUT2D eigenvalue weighted by molar-refractivity contribution is -0.384. The fraction of sp³-hybridized carbons (Fsp3) is 0.364. The van der Waals surface area contributed by atoms with Crippen molar-refractivity contribution in [1.82, 2.24) is 0 Å². The predicted octanol–water partition coefficient (Wildman–Crippen LogP) is 3.30. The molecule has 5 heteroatoms. The SMILES string of the molecule is CC(C)(C)Sc1ccc([N+](=O)[O-])cc1C=O. The molecule has 1 aromatic rings. The van der Waals surface area contributed by atoms with E-state index in [4.69, 9.17) is 0 Å². The summed E-state index contributed by atoms with van der Waals surface area (Å²) in [5.41, 5.74) is 0.314. The van der Waals surface area contributed by atoms with Crippen LogP contribution in [0.1, 0.15) is 31.1 Å². The summed E-state index contributed by atoms with van der Waals surface area (Å²) >= 11 is 1.52. The Balaban J connectivity index is 3.12. The van der Waals surface area contributed by atoms with Crippen LogP contribution in [0.3, 0.4) is 0 Å². The second kappa shape index (κ2) is 4.65. The second-order valence-corrected chi connectivity index (χ2v) is 6.18. The summed E-state index contributed by atoms with van der Waals surface area (Å²) in [6.07, 6.45) is 0.654. The summed E-state index contributed by atoms with van der Waals surface area (Å²) in [6, 6.07) is 4.35. The Kier molecular flexibility index (Phi) is 3.70. The van der Waals surface area contributed by atoms with Gasteiger partial charge < -0.3 is 0 Å². The number of rotatable bonds is 3. The van der Waals surface area contributed by atoms with Gasteiger partial charge in [0.25, 0.3) is 5.69 Å². The first-order chi connectivity index (χ1) is 7.33. The number of nitro groups is 1. The number of nitrogens with zero attached hydrogens (tertiary/aromatic N) is 1. The van der Waals surface area contributed by atoms with Gasteiger partial charge in [-0.25, -0.2) is 0 Å². The van der Waals surface area contributed by atoms with E-state index < -0.39 is 4.92 Å². The minimum absolute atomic E-state index is 0.0338. The molecule has 0 saturated heterocycles. The maximum atomic E-state index is 10.9. The number of hydrogen-bond acceptors (Lipinski definition) is 4. The average molecular weight is 239 g/mol. The van der Waals surface area contributed by atoms with Crippen LogP contribution in [-0.4, -0.2) is 16.0 Å². The summed E-state index contributed by atoms with van der Waals surface area (Å²) in [5, 5.41) is 10.5. The Hall–Kier alpha value is -1.36. The van der Waals surface area contributed by atoms with Crippen molar-refractivity contribution in [2.24, 2.45) is 0 Å². The highest BCUT2D eigenvalue weighted by Crippen LogP contribution is 2.34. The topological polar surface area (TPSA) is 60.2 Å². The van der Waals surface area contributed by atoms with Gasteiger partial charge in [-0.15, -0.1) is 11.8 Å². The van der Waals surface area contributed by atoms with Crippen molar-refractivity contribution < 1.29 is 9.72 Å². The first kappa shape index (κ1) is 12.7. The lowest BCUT2D eigenvalue weighted by Crippen LogP contribution is -2.07. The molecule has 86 valence electrons. The fourth-order valence-corrected chi connectivity index (χ4v) is 2.19. The highest BCUT2D eigenvalue weighted by molar-refractivity contribution is 8.00. The highest BCUT2D eigenvalue weighted by atomic mass is 32.2. The Morgan fingerprint density at radius 2 is 2.00 bits per heavy atom. The van der Waals surface area contributed by atoms with E-state index in [0.29, 0.717) is 11.8 Å². The number of thioether (sulfide) groups is 1. The van der Waals surface area contributed by atoms with Crippen LogP contribution in [0.25, 0.3) is 0 Å². The predicted molar refractivity (Wildman–Crippen MR) is 64.1 cm³/mol. The van der Waals surface area contributed by atoms with Crippen molar-refractivity contribution in [3.05, 3.63) is 33.9 Å². The molecule has 0 unspecified atom stereocenters. The van der Waals surface area contributed by atoms with Crippen LogP contribution in [-0.2, 0) is 0 Å². The molecule has 1 rings (SSSR count). The van der Waals surface area contributed by atoms with Crippen molar-refractivity contribution in [2.75, 3.05) is 0 Å². The summed E-state index contributed by atoms with van der Waals surface area (Å²) < 4.78 is -0.0338. The van der Waals surface area contributed by atoms with Crippen LogP contribution in [0.5, 0.6) is 0 Å². The van der Waals surface area contributed by atoms with E-state index in [0.717, 1.165) is 4.90 Å². The van der Waals surface area contributed by atoms with Crippen molar-refractivity contribution in [3.63, 3.8) is 0 Å². The average Bonchev–Trinajstić information content (AvgIpc) is 2.15. The molecule has 16 heavy (non-hydrogen) atoms. The standard InChI is InChI=1S/C11H13NO3S/c1-11(2,3)16-10-5-4-9(12(14)15)6-8(10)7-13/h4-7H,1-3H3. The fourth-order valence-electron chi connectivity index (χ4n) is 1.16. The Labute approximate surface area is 98.2 Å². The molecule has 0 bridgehead atoms. The van der Waals surface area contributed by atoms with Crippen LogP contribution in [0.15, 0.2) is 23.1 Å². The number of nitro benzene ring substituents is 1. The molecular formula is C11H13NO3S. The quantitative estimate of drug-likeness (QED) is 0.351. The van der Waals surface area contributed by atoms with Gasteiger partial charge in [0.2, 0.25) is 0 Å². The van der Waals surface area contributed by atoms with Crippen LogP contribution in [0.2, 0.25) is 0 Å². The highest BCUT2D eigenvalue weighted by Gasteiger charge is 2.17. The van der Waals surface area contributed by atoms with Gasteiger partial charge in [0.15, 0.2) is 6.29 Å². The smallest absolute Gasteiger partial charge is 0.270 e. The third-order valence-electron chi connectivity index (χ3n) is 1.75. The monoisotopic (exact) mass is 239 g/mol. The van der Waals surface area contributed by atoms with E-state index >= 15 is 0 Å². The Bertz CT molecular complexity index is 424. The molecule has 0 radical (unpaired) electrons. The number of non-ortho nitro benzene ring substituents is 1. The van der Waals surface area contributed by atoms with Crippen molar-refractivity contribution in [3.8, 4) is 0 Å². The Morgan fingerprint density at radius 1 is 1.38 bits per heavy atom. The molecule has 4 nitrogen and oxygen atoms in total. The van der Waals surface area contributed by atoms with Gasteiger partial charge in [-0.05, 0) is 6.07 Å². The lowest BCUT2D eigenvalue weighted by Gasteiger charge is -2.18.